The summed E-state index contributed by atoms with van der Waals surface area (Å²) in [5.41, 5.74) is -0.592. The third-order valence-electron chi connectivity index (χ3n) is 3.95. The van der Waals surface area contributed by atoms with Gasteiger partial charge in [-0.1, -0.05) is 53.4 Å². The minimum atomic E-state index is -0.841. The van der Waals surface area contributed by atoms with E-state index in [1.54, 1.807) is 0 Å². The Hall–Kier alpha value is -0.530. The van der Waals surface area contributed by atoms with Crippen molar-refractivity contribution in [1.29, 1.82) is 0 Å². The molecule has 0 aromatic heterocycles. The first-order valence-corrected chi connectivity index (χ1v) is 6.76. The first kappa shape index (κ1) is 15.5. The summed E-state index contributed by atoms with van der Waals surface area (Å²) in [5, 5.41) is 11.5. The summed E-state index contributed by atoms with van der Waals surface area (Å²) in [6.45, 7) is 8.30. The second kappa shape index (κ2) is 7.70. The summed E-state index contributed by atoms with van der Waals surface area (Å²) >= 11 is 0. The van der Waals surface area contributed by atoms with Gasteiger partial charge in [0.05, 0.1) is 5.41 Å². The molecule has 2 unspecified atom stereocenters. The molecule has 2 nitrogen and oxygen atoms in total. The van der Waals surface area contributed by atoms with Crippen molar-refractivity contribution < 1.29 is 9.90 Å². The van der Waals surface area contributed by atoms with Crippen molar-refractivity contribution in [3.8, 4) is 0 Å². The smallest absolute Gasteiger partial charge is 0.247 e. The molecule has 0 heterocycles. The zero-order chi connectivity index (χ0) is 12.6. The molecule has 0 aromatic carbocycles. The van der Waals surface area contributed by atoms with E-state index in [1.807, 2.05) is 6.92 Å². The average Bonchev–Trinajstić information content (AvgIpc) is 2.27. The lowest BCUT2D eigenvalue weighted by Crippen LogP contribution is -2.36. The Kier molecular flexibility index (Phi) is 7.44. The van der Waals surface area contributed by atoms with Crippen LogP contribution in [-0.4, -0.2) is 5.97 Å². The van der Waals surface area contributed by atoms with Crippen LogP contribution >= 0.6 is 0 Å². The van der Waals surface area contributed by atoms with Gasteiger partial charge < -0.3 is 0 Å². The van der Waals surface area contributed by atoms with Crippen LogP contribution in [0.3, 0.4) is 0 Å². The van der Waals surface area contributed by atoms with Gasteiger partial charge in [-0.25, -0.2) is 9.90 Å². The fourth-order valence-corrected chi connectivity index (χ4v) is 2.50. The molecular weight excluding hydrogens is 200 g/mol. The largest absolute Gasteiger partial charge is 0.361 e. The highest BCUT2D eigenvalue weighted by molar-refractivity contribution is 5.74. The number of rotatable bonds is 9. The minimum Gasteiger partial charge on any atom is -0.247 e. The molecule has 0 fully saturated rings. The fraction of sp³-hybridized carbons (Fsp3) is 0.929. The van der Waals surface area contributed by atoms with E-state index in [2.05, 4.69) is 20.8 Å². The molecule has 0 aliphatic carbocycles. The zero-order valence-electron chi connectivity index (χ0n) is 11.3. The predicted molar refractivity (Wildman–Crippen MR) is 66.6 cm³/mol. The van der Waals surface area contributed by atoms with E-state index >= 15 is 0 Å². The van der Waals surface area contributed by atoms with Crippen LogP contribution in [0.15, 0.2) is 0 Å². The minimum absolute atomic E-state index is 0.231. The monoisotopic (exact) mass is 227 g/mol. The molecule has 0 amide bonds. The van der Waals surface area contributed by atoms with Crippen LogP contribution in [0.4, 0.5) is 0 Å². The van der Waals surface area contributed by atoms with E-state index < -0.39 is 11.4 Å². The maximum absolute atomic E-state index is 11.5. The molecule has 0 saturated heterocycles. The van der Waals surface area contributed by atoms with Gasteiger partial charge in [-0.3, -0.25) is 0 Å². The van der Waals surface area contributed by atoms with Crippen molar-refractivity contribution in [1.82, 2.24) is 0 Å². The molecule has 0 aliphatic heterocycles. The summed E-state index contributed by atoms with van der Waals surface area (Å²) in [5.74, 6) is -0.610. The number of hydrogen-bond acceptors (Lipinski definition) is 1. The molecular formula is C14H27O2. The van der Waals surface area contributed by atoms with Gasteiger partial charge in [0.1, 0.15) is 0 Å². The van der Waals surface area contributed by atoms with Gasteiger partial charge in [-0.2, -0.15) is 0 Å². The van der Waals surface area contributed by atoms with E-state index in [0.717, 1.165) is 38.5 Å². The van der Waals surface area contributed by atoms with Crippen LogP contribution in [0, 0.1) is 11.3 Å². The Balaban J connectivity index is 4.66. The topological polar surface area (TPSA) is 37.0 Å². The number of carbonyl (C=O) groups is 1. The first-order valence-electron chi connectivity index (χ1n) is 6.76. The maximum atomic E-state index is 11.5. The fourth-order valence-electron chi connectivity index (χ4n) is 2.50. The van der Waals surface area contributed by atoms with Crippen molar-refractivity contribution in [2.45, 2.75) is 72.6 Å². The molecule has 0 spiro atoms. The average molecular weight is 227 g/mol. The van der Waals surface area contributed by atoms with Gasteiger partial charge >= 0.3 is 5.97 Å². The highest BCUT2D eigenvalue weighted by atomic mass is 16.4. The molecule has 2 heteroatoms. The highest BCUT2D eigenvalue weighted by Gasteiger charge is 2.42. The molecule has 1 radical (unpaired) electrons. The van der Waals surface area contributed by atoms with E-state index in [0.29, 0.717) is 6.42 Å². The lowest BCUT2D eigenvalue weighted by Gasteiger charge is -2.33. The predicted octanol–water partition coefficient (Wildman–Crippen LogP) is 4.36. The highest BCUT2D eigenvalue weighted by Crippen LogP contribution is 2.40. The van der Waals surface area contributed by atoms with Gasteiger partial charge in [0.25, 0.3) is 0 Å². The number of carbonyl (C=O) groups excluding carboxylic acids is 1. The lowest BCUT2D eigenvalue weighted by atomic mass is 9.69. The quantitative estimate of drug-likeness (QED) is 0.576. The third kappa shape index (κ3) is 3.80. The van der Waals surface area contributed by atoms with Crippen LogP contribution in [0.5, 0.6) is 0 Å². The molecule has 0 rings (SSSR count). The molecule has 0 N–H and O–H groups in total. The third-order valence-corrected chi connectivity index (χ3v) is 3.95. The molecule has 0 bridgehead atoms. The van der Waals surface area contributed by atoms with Crippen molar-refractivity contribution in [2.24, 2.45) is 11.3 Å². The standard InChI is InChI=1S/C14H27O2/c1-5-8-10-12(4)14(7-3,13(15)16)11-9-6-2/h12H,5-11H2,1-4H3. The van der Waals surface area contributed by atoms with Crippen molar-refractivity contribution in [2.75, 3.05) is 0 Å². The zero-order valence-corrected chi connectivity index (χ0v) is 11.3. The van der Waals surface area contributed by atoms with Gasteiger partial charge in [-0.15, -0.1) is 0 Å². The van der Waals surface area contributed by atoms with Crippen LogP contribution < -0.4 is 0 Å². The Bertz CT molecular complexity index is 201. The van der Waals surface area contributed by atoms with E-state index in [-0.39, 0.29) is 5.92 Å². The Morgan fingerprint density at radius 1 is 1.12 bits per heavy atom. The van der Waals surface area contributed by atoms with Crippen molar-refractivity contribution >= 4 is 5.97 Å². The summed E-state index contributed by atoms with van der Waals surface area (Å²) < 4.78 is 0. The molecule has 0 aliphatic rings. The van der Waals surface area contributed by atoms with Crippen LogP contribution in [0.2, 0.25) is 0 Å². The normalized spacial score (nSPS) is 16.8. The van der Waals surface area contributed by atoms with Crippen LogP contribution in [-0.2, 0) is 9.90 Å². The number of hydrogen-bond donors (Lipinski definition) is 0. The van der Waals surface area contributed by atoms with Crippen molar-refractivity contribution in [3.63, 3.8) is 0 Å². The Morgan fingerprint density at radius 2 is 1.69 bits per heavy atom. The molecule has 2 atom stereocenters. The summed E-state index contributed by atoms with van der Waals surface area (Å²) in [4.78, 5) is 11.5. The van der Waals surface area contributed by atoms with Gasteiger partial charge in [-0.05, 0) is 25.2 Å². The SMILES string of the molecule is CCCCC(C)C(CC)(CCCC)C([O])=O. The summed E-state index contributed by atoms with van der Waals surface area (Å²) in [7, 11) is 0. The maximum Gasteiger partial charge on any atom is 0.361 e. The van der Waals surface area contributed by atoms with E-state index in [1.165, 1.54) is 0 Å². The second-order valence-corrected chi connectivity index (χ2v) is 4.94. The van der Waals surface area contributed by atoms with Gasteiger partial charge in [0.2, 0.25) is 0 Å². The van der Waals surface area contributed by atoms with Crippen LogP contribution in [0.1, 0.15) is 72.6 Å². The summed E-state index contributed by atoms with van der Waals surface area (Å²) in [6, 6.07) is 0. The molecule has 16 heavy (non-hydrogen) atoms. The van der Waals surface area contributed by atoms with Crippen LogP contribution in [0.25, 0.3) is 0 Å². The van der Waals surface area contributed by atoms with E-state index in [9.17, 15) is 9.90 Å². The second-order valence-electron chi connectivity index (χ2n) is 4.94. The summed E-state index contributed by atoms with van der Waals surface area (Å²) in [6.07, 6.45) is 6.75. The Morgan fingerprint density at radius 3 is 2.06 bits per heavy atom. The molecule has 0 aromatic rings. The Labute approximate surface area is 100 Å². The number of unbranched alkanes of at least 4 members (excludes halogenated alkanes) is 2. The van der Waals surface area contributed by atoms with E-state index in [4.69, 9.17) is 0 Å². The van der Waals surface area contributed by atoms with Gasteiger partial charge in [0.15, 0.2) is 0 Å². The lowest BCUT2D eigenvalue weighted by molar-refractivity contribution is -0.160. The molecule has 0 saturated carbocycles. The van der Waals surface area contributed by atoms with Crippen molar-refractivity contribution in [3.05, 3.63) is 0 Å². The molecule has 95 valence electrons. The van der Waals surface area contributed by atoms with Gasteiger partial charge in [0, 0.05) is 0 Å². The first-order chi connectivity index (χ1) is 7.55.